The van der Waals surface area contributed by atoms with Gasteiger partial charge >= 0.3 is 0 Å². The fourth-order valence-electron chi connectivity index (χ4n) is 3.59. The van der Waals surface area contributed by atoms with Gasteiger partial charge in [-0.15, -0.1) is 0 Å². The number of rotatable bonds is 2. The molecule has 1 aliphatic carbocycles. The van der Waals surface area contributed by atoms with E-state index in [4.69, 9.17) is 5.73 Å². The van der Waals surface area contributed by atoms with E-state index in [1.54, 1.807) is 0 Å². The topological polar surface area (TPSA) is 29.3 Å². The van der Waals surface area contributed by atoms with Crippen LogP contribution in [-0.4, -0.2) is 12.6 Å². The lowest BCUT2D eigenvalue weighted by Gasteiger charge is -2.39. The number of para-hydroxylation sites is 1. The minimum atomic E-state index is 0.378. The molecule has 1 aromatic carbocycles. The summed E-state index contributed by atoms with van der Waals surface area (Å²) in [6, 6.07) is 6.70. The van der Waals surface area contributed by atoms with Gasteiger partial charge in [-0.1, -0.05) is 31.4 Å². The smallest absolute Gasteiger partial charge is 0.0609 e. The van der Waals surface area contributed by atoms with Crippen molar-refractivity contribution in [2.24, 2.45) is 11.7 Å². The molecule has 1 aromatic rings. The Morgan fingerprint density at radius 3 is 2.75 bits per heavy atom. The van der Waals surface area contributed by atoms with Crippen LogP contribution in [0.5, 0.6) is 0 Å². The third-order valence-corrected chi connectivity index (χ3v) is 5.32. The number of anilines is 1. The Kier molecular flexibility index (Phi) is 4.06. The van der Waals surface area contributed by atoms with Crippen LogP contribution in [0.25, 0.3) is 5.70 Å². The van der Waals surface area contributed by atoms with Crippen molar-refractivity contribution < 1.29 is 0 Å². The number of hydrogen-bond acceptors (Lipinski definition) is 2. The van der Waals surface area contributed by atoms with Crippen molar-refractivity contribution in [2.45, 2.75) is 45.1 Å². The summed E-state index contributed by atoms with van der Waals surface area (Å²) >= 11 is 3.72. The molecule has 1 saturated carbocycles. The first-order chi connectivity index (χ1) is 9.66. The van der Waals surface area contributed by atoms with E-state index in [9.17, 15) is 0 Å². The van der Waals surface area contributed by atoms with Gasteiger partial charge in [0, 0.05) is 28.3 Å². The second-order valence-electron chi connectivity index (χ2n) is 6.16. The fourth-order valence-corrected chi connectivity index (χ4v) is 4.18. The zero-order chi connectivity index (χ0) is 14.1. The Morgan fingerprint density at radius 2 is 2.00 bits per heavy atom. The summed E-state index contributed by atoms with van der Waals surface area (Å²) in [4.78, 5) is 2.53. The standard InChI is InChI=1S/C17H23BrN2/c1-12-10-16(19)14-8-5-9-15(18)17(14)20(12)11-13-6-3-2-4-7-13/h5,8-10,12-13H,2-4,6-7,11,19H2,1H3. The van der Waals surface area contributed by atoms with Crippen LogP contribution in [0.2, 0.25) is 0 Å². The first-order valence-electron chi connectivity index (χ1n) is 7.69. The van der Waals surface area contributed by atoms with E-state index in [-0.39, 0.29) is 0 Å². The molecular formula is C17H23BrN2. The second kappa shape index (κ2) is 5.80. The summed E-state index contributed by atoms with van der Waals surface area (Å²) in [7, 11) is 0. The Hall–Kier alpha value is -0.960. The first-order valence-corrected chi connectivity index (χ1v) is 8.49. The van der Waals surface area contributed by atoms with E-state index in [1.165, 1.54) is 43.4 Å². The molecule has 2 nitrogen and oxygen atoms in total. The number of nitrogens with two attached hydrogens (primary N) is 1. The molecule has 1 unspecified atom stereocenters. The number of fused-ring (bicyclic) bond motifs is 1. The van der Waals surface area contributed by atoms with E-state index < -0.39 is 0 Å². The molecule has 108 valence electrons. The van der Waals surface area contributed by atoms with Gasteiger partial charge in [0.25, 0.3) is 0 Å². The lowest BCUT2D eigenvalue weighted by molar-refractivity contribution is 0.354. The van der Waals surface area contributed by atoms with Crippen LogP contribution in [-0.2, 0) is 0 Å². The summed E-state index contributed by atoms with van der Waals surface area (Å²) in [5.41, 5.74) is 9.58. The molecule has 1 aliphatic heterocycles. The molecule has 3 heteroatoms. The molecule has 3 rings (SSSR count). The molecular weight excluding hydrogens is 312 g/mol. The molecule has 2 N–H and O–H groups in total. The molecule has 1 heterocycles. The molecule has 20 heavy (non-hydrogen) atoms. The molecule has 1 fully saturated rings. The molecule has 0 amide bonds. The van der Waals surface area contributed by atoms with Crippen molar-refractivity contribution in [3.8, 4) is 0 Å². The zero-order valence-corrected chi connectivity index (χ0v) is 13.7. The average Bonchev–Trinajstić information content (AvgIpc) is 2.45. The molecule has 2 aliphatic rings. The highest BCUT2D eigenvalue weighted by Gasteiger charge is 2.27. The summed E-state index contributed by atoms with van der Waals surface area (Å²) in [6.07, 6.45) is 9.16. The number of hydrogen-bond donors (Lipinski definition) is 1. The van der Waals surface area contributed by atoms with Gasteiger partial charge in [0.1, 0.15) is 0 Å². The average molecular weight is 335 g/mol. The van der Waals surface area contributed by atoms with Gasteiger partial charge in [-0.3, -0.25) is 0 Å². The Balaban J connectivity index is 1.91. The van der Waals surface area contributed by atoms with Crippen molar-refractivity contribution in [1.82, 2.24) is 0 Å². The monoisotopic (exact) mass is 334 g/mol. The van der Waals surface area contributed by atoms with Gasteiger partial charge in [-0.2, -0.15) is 0 Å². The van der Waals surface area contributed by atoms with Crippen LogP contribution in [0.3, 0.4) is 0 Å². The van der Waals surface area contributed by atoms with Crippen LogP contribution in [0, 0.1) is 5.92 Å². The van der Waals surface area contributed by atoms with Crippen LogP contribution in [0.4, 0.5) is 5.69 Å². The van der Waals surface area contributed by atoms with Crippen molar-refractivity contribution in [3.63, 3.8) is 0 Å². The summed E-state index contributed by atoms with van der Waals surface area (Å²) in [6.45, 7) is 3.40. The highest BCUT2D eigenvalue weighted by atomic mass is 79.9. The molecule has 0 bridgehead atoms. The fraction of sp³-hybridized carbons (Fsp3) is 0.529. The Labute approximate surface area is 130 Å². The first kappa shape index (κ1) is 14.0. The van der Waals surface area contributed by atoms with Crippen LogP contribution in [0.15, 0.2) is 28.7 Å². The van der Waals surface area contributed by atoms with E-state index in [0.29, 0.717) is 6.04 Å². The SMILES string of the molecule is CC1C=C(N)c2cccc(Br)c2N1CC1CCCCC1. The maximum absolute atomic E-state index is 6.21. The van der Waals surface area contributed by atoms with Gasteiger partial charge in [-0.05, 0) is 53.8 Å². The van der Waals surface area contributed by atoms with E-state index in [0.717, 1.165) is 22.6 Å². The van der Waals surface area contributed by atoms with Gasteiger partial charge in [0.05, 0.1) is 5.69 Å². The molecule has 0 spiro atoms. The maximum atomic E-state index is 6.21. The number of benzene rings is 1. The van der Waals surface area contributed by atoms with Crippen molar-refractivity contribution in [1.29, 1.82) is 0 Å². The Morgan fingerprint density at radius 1 is 1.25 bits per heavy atom. The lowest BCUT2D eigenvalue weighted by atomic mass is 9.88. The van der Waals surface area contributed by atoms with E-state index in [2.05, 4.69) is 52.0 Å². The quantitative estimate of drug-likeness (QED) is 0.860. The third-order valence-electron chi connectivity index (χ3n) is 4.68. The van der Waals surface area contributed by atoms with Crippen molar-refractivity contribution in [2.75, 3.05) is 11.4 Å². The van der Waals surface area contributed by atoms with Gasteiger partial charge < -0.3 is 10.6 Å². The highest BCUT2D eigenvalue weighted by Crippen LogP contribution is 2.39. The Bertz CT molecular complexity index is 518. The normalized spacial score (nSPS) is 23.4. The predicted octanol–water partition coefficient (Wildman–Crippen LogP) is 4.54. The lowest BCUT2D eigenvalue weighted by Crippen LogP contribution is -2.40. The highest BCUT2D eigenvalue weighted by molar-refractivity contribution is 9.10. The van der Waals surface area contributed by atoms with Gasteiger partial charge in [0.15, 0.2) is 0 Å². The van der Waals surface area contributed by atoms with Crippen LogP contribution < -0.4 is 10.6 Å². The summed E-state index contributed by atoms with van der Waals surface area (Å²) in [5.74, 6) is 0.832. The minimum Gasteiger partial charge on any atom is -0.398 e. The van der Waals surface area contributed by atoms with Crippen molar-refractivity contribution >= 4 is 27.3 Å². The molecule has 0 radical (unpaired) electrons. The van der Waals surface area contributed by atoms with Crippen molar-refractivity contribution in [3.05, 3.63) is 34.3 Å². The van der Waals surface area contributed by atoms with Crippen LogP contribution in [0.1, 0.15) is 44.6 Å². The third kappa shape index (κ3) is 2.60. The summed E-state index contributed by atoms with van der Waals surface area (Å²) < 4.78 is 1.16. The molecule has 0 saturated heterocycles. The molecule has 1 atom stereocenters. The minimum absolute atomic E-state index is 0.378. The maximum Gasteiger partial charge on any atom is 0.0609 e. The molecule has 0 aromatic heterocycles. The largest absolute Gasteiger partial charge is 0.398 e. The van der Waals surface area contributed by atoms with E-state index >= 15 is 0 Å². The second-order valence-corrected chi connectivity index (χ2v) is 7.01. The number of halogens is 1. The van der Waals surface area contributed by atoms with E-state index in [1.807, 2.05) is 0 Å². The zero-order valence-electron chi connectivity index (χ0n) is 12.1. The van der Waals surface area contributed by atoms with Crippen LogP contribution >= 0.6 is 15.9 Å². The van der Waals surface area contributed by atoms with Gasteiger partial charge in [0.2, 0.25) is 0 Å². The summed E-state index contributed by atoms with van der Waals surface area (Å²) in [5, 5.41) is 0. The van der Waals surface area contributed by atoms with Gasteiger partial charge in [-0.25, -0.2) is 0 Å². The predicted molar refractivity (Wildman–Crippen MR) is 89.7 cm³/mol. The number of nitrogens with zero attached hydrogens (tertiary/aromatic N) is 1.